The van der Waals surface area contributed by atoms with Crippen molar-refractivity contribution in [3.8, 4) is 0 Å². The van der Waals surface area contributed by atoms with Crippen LogP contribution in [0, 0.1) is 19.7 Å². The van der Waals surface area contributed by atoms with Gasteiger partial charge in [-0.25, -0.2) is 17.8 Å². The maximum absolute atomic E-state index is 13.4. The number of sulfonamides is 1. The molecule has 2 aromatic carbocycles. The molecule has 0 atom stereocenters. The van der Waals surface area contributed by atoms with Gasteiger partial charge in [0.2, 0.25) is 0 Å². The average Bonchev–Trinajstić information content (AvgIpc) is 2.66. The molecule has 3 aromatic rings. The molecule has 1 heterocycles. The third-order valence-electron chi connectivity index (χ3n) is 4.08. The number of hydrogen-bond donors (Lipinski definition) is 2. The highest BCUT2D eigenvalue weighted by molar-refractivity contribution is 7.92. The van der Waals surface area contributed by atoms with Crippen LogP contribution >= 0.6 is 0 Å². The Bertz CT molecular complexity index is 1130. The SMILES string of the molecule is Cc1cc(S(=O)(=O)Nc2ccc(C(=O)Nc3ncccc3C)cc2)ccc1F. The fourth-order valence-electron chi connectivity index (χ4n) is 2.48. The first-order valence-corrected chi connectivity index (χ1v) is 9.86. The lowest BCUT2D eigenvalue weighted by Gasteiger charge is -2.10. The Morgan fingerprint density at radius 1 is 1.00 bits per heavy atom. The van der Waals surface area contributed by atoms with E-state index in [-0.39, 0.29) is 22.1 Å². The van der Waals surface area contributed by atoms with Crippen LogP contribution in [0.25, 0.3) is 0 Å². The van der Waals surface area contributed by atoms with Gasteiger partial charge in [-0.1, -0.05) is 6.07 Å². The van der Waals surface area contributed by atoms with Crippen molar-refractivity contribution >= 4 is 27.4 Å². The molecule has 2 N–H and O–H groups in total. The third kappa shape index (κ3) is 4.34. The zero-order valence-electron chi connectivity index (χ0n) is 15.2. The Kier molecular flexibility index (Phi) is 5.41. The van der Waals surface area contributed by atoms with Crippen molar-refractivity contribution in [1.82, 2.24) is 4.98 Å². The molecule has 0 spiro atoms. The van der Waals surface area contributed by atoms with Gasteiger partial charge in [0.1, 0.15) is 11.6 Å². The number of aryl methyl sites for hydroxylation is 2. The second-order valence-corrected chi connectivity index (χ2v) is 7.90. The van der Waals surface area contributed by atoms with Crippen LogP contribution < -0.4 is 10.0 Å². The van der Waals surface area contributed by atoms with Crippen LogP contribution in [0.3, 0.4) is 0 Å². The normalized spacial score (nSPS) is 11.1. The third-order valence-corrected chi connectivity index (χ3v) is 5.46. The Balaban J connectivity index is 1.74. The molecule has 0 saturated heterocycles. The van der Waals surface area contributed by atoms with Crippen molar-refractivity contribution in [2.24, 2.45) is 0 Å². The predicted octanol–water partition coefficient (Wildman–Crippen LogP) is 3.89. The molecular weight excluding hydrogens is 381 g/mol. The average molecular weight is 399 g/mol. The van der Waals surface area contributed by atoms with Gasteiger partial charge >= 0.3 is 0 Å². The van der Waals surface area contributed by atoms with Crippen LogP contribution in [-0.2, 0) is 10.0 Å². The van der Waals surface area contributed by atoms with Crippen molar-refractivity contribution in [2.45, 2.75) is 18.7 Å². The molecule has 0 radical (unpaired) electrons. The van der Waals surface area contributed by atoms with Gasteiger partial charge in [0.05, 0.1) is 4.90 Å². The predicted molar refractivity (Wildman–Crippen MR) is 105 cm³/mol. The van der Waals surface area contributed by atoms with Crippen LogP contribution in [0.2, 0.25) is 0 Å². The van der Waals surface area contributed by atoms with Gasteiger partial charge < -0.3 is 5.32 Å². The zero-order valence-corrected chi connectivity index (χ0v) is 16.0. The fourth-order valence-corrected chi connectivity index (χ4v) is 3.63. The number of carbonyl (C=O) groups excluding carboxylic acids is 1. The first kappa shape index (κ1) is 19.5. The molecule has 0 bridgehead atoms. The van der Waals surface area contributed by atoms with E-state index in [1.54, 1.807) is 12.3 Å². The molecule has 0 aliphatic heterocycles. The molecular formula is C20H18FN3O3S. The fraction of sp³-hybridized carbons (Fsp3) is 0.100. The van der Waals surface area contributed by atoms with Crippen LogP contribution in [0.1, 0.15) is 21.5 Å². The highest BCUT2D eigenvalue weighted by Crippen LogP contribution is 2.19. The van der Waals surface area contributed by atoms with E-state index in [4.69, 9.17) is 0 Å². The summed E-state index contributed by atoms with van der Waals surface area (Å²) in [7, 11) is -3.87. The summed E-state index contributed by atoms with van der Waals surface area (Å²) < 4.78 is 40.7. The van der Waals surface area contributed by atoms with Gasteiger partial charge in [-0.15, -0.1) is 0 Å². The first-order chi connectivity index (χ1) is 13.3. The summed E-state index contributed by atoms with van der Waals surface area (Å²) >= 11 is 0. The number of amides is 1. The van der Waals surface area contributed by atoms with Crippen LogP contribution in [0.4, 0.5) is 15.9 Å². The molecule has 1 amide bonds. The molecule has 6 nitrogen and oxygen atoms in total. The van der Waals surface area contributed by atoms with E-state index < -0.39 is 15.8 Å². The second kappa shape index (κ2) is 7.77. The number of nitrogens with zero attached hydrogens (tertiary/aromatic N) is 1. The monoisotopic (exact) mass is 399 g/mol. The summed E-state index contributed by atoms with van der Waals surface area (Å²) in [6.45, 7) is 3.32. The lowest BCUT2D eigenvalue weighted by molar-refractivity contribution is 0.102. The molecule has 0 aliphatic carbocycles. The van der Waals surface area contributed by atoms with E-state index in [1.807, 2.05) is 13.0 Å². The molecule has 144 valence electrons. The summed E-state index contributed by atoms with van der Waals surface area (Å²) in [6, 6.07) is 13.1. The van der Waals surface area contributed by atoms with E-state index in [2.05, 4.69) is 15.0 Å². The lowest BCUT2D eigenvalue weighted by atomic mass is 10.2. The van der Waals surface area contributed by atoms with E-state index in [1.165, 1.54) is 43.3 Å². The number of pyridine rings is 1. The number of anilines is 2. The highest BCUT2D eigenvalue weighted by Gasteiger charge is 2.16. The van der Waals surface area contributed by atoms with Crippen molar-refractivity contribution < 1.29 is 17.6 Å². The zero-order chi connectivity index (χ0) is 20.3. The number of carbonyl (C=O) groups is 1. The summed E-state index contributed by atoms with van der Waals surface area (Å²) in [5, 5.41) is 2.71. The van der Waals surface area contributed by atoms with Crippen molar-refractivity contribution in [1.29, 1.82) is 0 Å². The number of nitrogens with one attached hydrogen (secondary N) is 2. The molecule has 0 aliphatic rings. The lowest BCUT2D eigenvalue weighted by Crippen LogP contribution is -2.15. The Hall–Kier alpha value is -3.26. The molecule has 3 rings (SSSR count). The highest BCUT2D eigenvalue weighted by atomic mass is 32.2. The summed E-state index contributed by atoms with van der Waals surface area (Å²) in [4.78, 5) is 16.4. The Morgan fingerprint density at radius 3 is 2.36 bits per heavy atom. The van der Waals surface area contributed by atoms with Crippen molar-refractivity contribution in [3.05, 3.63) is 83.3 Å². The Labute approximate surface area is 162 Å². The van der Waals surface area contributed by atoms with Gasteiger partial charge in [-0.2, -0.15) is 0 Å². The van der Waals surface area contributed by atoms with E-state index in [0.717, 1.165) is 11.6 Å². The summed E-state index contributed by atoms with van der Waals surface area (Å²) in [6.07, 6.45) is 1.58. The maximum atomic E-state index is 13.4. The minimum absolute atomic E-state index is 0.0427. The van der Waals surface area contributed by atoms with E-state index in [9.17, 15) is 17.6 Å². The minimum atomic E-state index is -3.87. The molecule has 0 unspecified atom stereocenters. The maximum Gasteiger partial charge on any atom is 0.261 e. The topological polar surface area (TPSA) is 88.2 Å². The smallest absolute Gasteiger partial charge is 0.261 e. The number of benzene rings is 2. The van der Waals surface area contributed by atoms with Gasteiger partial charge in [0, 0.05) is 17.4 Å². The standard InChI is InChI=1S/C20H18FN3O3S/c1-13-4-3-11-22-19(13)23-20(25)15-5-7-16(8-6-15)24-28(26,27)17-9-10-18(21)14(2)12-17/h3-12,24H,1-2H3,(H,22,23,25). The van der Waals surface area contributed by atoms with Gasteiger partial charge in [0.25, 0.3) is 15.9 Å². The number of hydrogen-bond acceptors (Lipinski definition) is 4. The molecule has 8 heteroatoms. The number of rotatable bonds is 5. The van der Waals surface area contributed by atoms with Crippen molar-refractivity contribution in [3.63, 3.8) is 0 Å². The Morgan fingerprint density at radius 2 is 1.71 bits per heavy atom. The largest absolute Gasteiger partial charge is 0.306 e. The van der Waals surface area contributed by atoms with E-state index in [0.29, 0.717) is 11.4 Å². The quantitative estimate of drug-likeness (QED) is 0.681. The van der Waals surface area contributed by atoms with Crippen molar-refractivity contribution in [2.75, 3.05) is 10.0 Å². The van der Waals surface area contributed by atoms with Crippen LogP contribution in [0.5, 0.6) is 0 Å². The van der Waals surface area contributed by atoms with Gasteiger partial charge in [-0.3, -0.25) is 9.52 Å². The van der Waals surface area contributed by atoms with Crippen LogP contribution in [0.15, 0.2) is 65.7 Å². The van der Waals surface area contributed by atoms with Gasteiger partial charge in [0.15, 0.2) is 0 Å². The second-order valence-electron chi connectivity index (χ2n) is 6.22. The molecule has 0 fully saturated rings. The number of halogens is 1. The van der Waals surface area contributed by atoms with Gasteiger partial charge in [-0.05, 0) is 73.5 Å². The summed E-state index contributed by atoms with van der Waals surface area (Å²) in [5.74, 6) is -0.369. The molecule has 28 heavy (non-hydrogen) atoms. The molecule has 1 aromatic heterocycles. The molecule has 0 saturated carbocycles. The van der Waals surface area contributed by atoms with E-state index >= 15 is 0 Å². The summed E-state index contributed by atoms with van der Waals surface area (Å²) in [5.41, 5.74) is 1.70. The first-order valence-electron chi connectivity index (χ1n) is 8.38. The van der Waals surface area contributed by atoms with Crippen LogP contribution in [-0.4, -0.2) is 19.3 Å². The number of aromatic nitrogens is 1. The minimum Gasteiger partial charge on any atom is -0.306 e.